The monoisotopic (exact) mass is 648 g/mol. The van der Waals surface area contributed by atoms with Crippen LogP contribution in [-0.2, 0) is 61.9 Å². The molecule has 0 N–H and O–H groups in total. The molecule has 0 unspecified atom stereocenters. The van der Waals surface area contributed by atoms with E-state index in [0.29, 0.717) is 6.42 Å². The number of rotatable bonds is 25. The molecule has 0 radical (unpaired) electrons. The maximum absolute atomic E-state index is 12.8. The van der Waals surface area contributed by atoms with Crippen LogP contribution in [0, 0.1) is 0 Å². The number of carbonyl (C=O) groups excluding carboxylic acids is 4. The van der Waals surface area contributed by atoms with E-state index in [1.54, 1.807) is 20.8 Å². The molecule has 0 aromatic rings. The first-order valence-electron chi connectivity index (χ1n) is 15.3. The molecule has 0 aromatic heterocycles. The zero-order valence-electron chi connectivity index (χ0n) is 25.5. The Morgan fingerprint density at radius 1 is 0.512 bits per heavy atom. The molecule has 0 saturated carbocycles. The SMILES string of the molecule is CCCCCCCCCCCCCCCCCC(=O)OC(CC(=O)OCC)(CC(=O)OCC)C(=O)OCC.[CaH2].[O]=[Ti]. The fraction of sp³-hybridized carbons (Fsp3) is 0.867. The van der Waals surface area contributed by atoms with Crippen molar-refractivity contribution in [2.45, 2.75) is 149 Å². The molecule has 0 aromatic carbocycles. The number of ether oxygens (including phenoxy) is 4. The van der Waals surface area contributed by atoms with E-state index in [2.05, 4.69) is 6.92 Å². The van der Waals surface area contributed by atoms with E-state index in [1.165, 1.54) is 70.6 Å². The third-order valence-electron chi connectivity index (χ3n) is 6.41. The third-order valence-corrected chi connectivity index (χ3v) is 6.41. The van der Waals surface area contributed by atoms with Gasteiger partial charge in [0.25, 0.3) is 0 Å². The van der Waals surface area contributed by atoms with Crippen LogP contribution in [0.25, 0.3) is 0 Å². The average molecular weight is 649 g/mol. The Hall–Kier alpha value is -0.346. The number of unbranched alkanes of at least 4 members (excludes halogenated alkanes) is 14. The molecule has 0 aliphatic rings. The van der Waals surface area contributed by atoms with Crippen LogP contribution in [0.15, 0.2) is 0 Å². The van der Waals surface area contributed by atoms with Crippen molar-refractivity contribution in [1.82, 2.24) is 0 Å². The van der Waals surface area contributed by atoms with Gasteiger partial charge in [-0.15, -0.1) is 0 Å². The minimum atomic E-state index is -2.10. The fourth-order valence-electron chi connectivity index (χ4n) is 4.38. The molecular formula is C30H56CaO9Ti. The van der Waals surface area contributed by atoms with E-state index < -0.39 is 42.3 Å². The first-order chi connectivity index (χ1) is 19.3. The van der Waals surface area contributed by atoms with Crippen molar-refractivity contribution >= 4 is 61.6 Å². The maximum atomic E-state index is 12.8. The summed E-state index contributed by atoms with van der Waals surface area (Å²) in [4.78, 5) is 49.9. The Balaban J connectivity index is -0.00000470. The number of hydrogen-bond acceptors (Lipinski definition) is 9. The summed E-state index contributed by atoms with van der Waals surface area (Å²) in [6, 6.07) is 0. The quantitative estimate of drug-likeness (QED) is 0.0511. The Bertz CT molecular complexity index is 656. The summed E-state index contributed by atoms with van der Waals surface area (Å²) in [6.07, 6.45) is 17.1. The van der Waals surface area contributed by atoms with Gasteiger partial charge in [-0.3, -0.25) is 14.4 Å². The molecule has 0 aliphatic carbocycles. The summed E-state index contributed by atoms with van der Waals surface area (Å²) in [7, 11) is 0. The molecule has 0 heterocycles. The molecular weight excluding hydrogens is 592 g/mol. The van der Waals surface area contributed by atoms with E-state index in [0.717, 1.165) is 39.7 Å². The van der Waals surface area contributed by atoms with E-state index in [-0.39, 0.29) is 64.0 Å². The van der Waals surface area contributed by atoms with Crippen LogP contribution in [0.1, 0.15) is 143 Å². The second-order valence-electron chi connectivity index (χ2n) is 9.85. The fourth-order valence-corrected chi connectivity index (χ4v) is 4.38. The molecule has 0 amide bonds. The van der Waals surface area contributed by atoms with Crippen molar-refractivity contribution in [1.29, 1.82) is 0 Å². The molecule has 41 heavy (non-hydrogen) atoms. The second kappa shape index (κ2) is 32.6. The van der Waals surface area contributed by atoms with Gasteiger partial charge >= 0.3 is 85.3 Å². The van der Waals surface area contributed by atoms with Crippen LogP contribution in [0.3, 0.4) is 0 Å². The number of carbonyl (C=O) groups is 4. The zero-order chi connectivity index (χ0) is 30.5. The molecule has 11 heteroatoms. The van der Waals surface area contributed by atoms with Crippen LogP contribution >= 0.6 is 0 Å². The summed E-state index contributed by atoms with van der Waals surface area (Å²) < 4.78 is 28.7. The molecule has 0 fully saturated rings. The van der Waals surface area contributed by atoms with Crippen molar-refractivity contribution < 1.29 is 61.9 Å². The molecule has 0 saturated heterocycles. The number of hydrogen-bond donors (Lipinski definition) is 0. The van der Waals surface area contributed by atoms with E-state index in [1.807, 2.05) is 0 Å². The van der Waals surface area contributed by atoms with Gasteiger partial charge in [0.15, 0.2) is 0 Å². The molecule has 0 rings (SSSR count). The third kappa shape index (κ3) is 25.8. The van der Waals surface area contributed by atoms with Gasteiger partial charge in [-0.1, -0.05) is 96.8 Å². The molecule has 9 nitrogen and oxygen atoms in total. The minimum absolute atomic E-state index is 0. The second-order valence-corrected chi connectivity index (χ2v) is 9.85. The van der Waals surface area contributed by atoms with Crippen molar-refractivity contribution in [3.05, 3.63) is 0 Å². The Morgan fingerprint density at radius 3 is 1.20 bits per heavy atom. The molecule has 0 aliphatic heterocycles. The standard InChI is InChI=1S/C30H54O8.Ca.O.Ti.2H/c1-5-9-10-11-12-13-14-15-16-17-18-19-20-21-22-23-26(31)38-30(29(34)37-8-4,24-27(32)35-6-2)25-28(33)36-7-3;;;;;/h5-25H2,1-4H3;;;;;. The Labute approximate surface area is 290 Å². The van der Waals surface area contributed by atoms with E-state index in [4.69, 9.17) is 22.3 Å². The van der Waals surface area contributed by atoms with Gasteiger partial charge in [0.05, 0.1) is 32.7 Å². The van der Waals surface area contributed by atoms with Crippen molar-refractivity contribution in [2.75, 3.05) is 19.8 Å². The van der Waals surface area contributed by atoms with Gasteiger partial charge in [-0.25, -0.2) is 4.79 Å². The van der Waals surface area contributed by atoms with E-state index >= 15 is 0 Å². The zero-order valence-corrected chi connectivity index (χ0v) is 27.1. The normalized spacial score (nSPS) is 10.4. The van der Waals surface area contributed by atoms with E-state index in [9.17, 15) is 19.2 Å². The van der Waals surface area contributed by atoms with Gasteiger partial charge in [0.2, 0.25) is 5.60 Å². The Kier molecular flexibility index (Phi) is 35.8. The summed E-state index contributed by atoms with van der Waals surface area (Å²) in [5.41, 5.74) is -2.10. The van der Waals surface area contributed by atoms with Crippen molar-refractivity contribution in [2.24, 2.45) is 0 Å². The van der Waals surface area contributed by atoms with Gasteiger partial charge in [0.1, 0.15) is 0 Å². The molecule has 0 atom stereocenters. The average Bonchev–Trinajstić information content (AvgIpc) is 2.92. The van der Waals surface area contributed by atoms with Crippen molar-refractivity contribution in [3.63, 3.8) is 0 Å². The predicted octanol–water partition coefficient (Wildman–Crippen LogP) is 5.96. The van der Waals surface area contributed by atoms with Crippen LogP contribution in [-0.4, -0.2) is 87.0 Å². The van der Waals surface area contributed by atoms with Gasteiger partial charge in [0, 0.05) is 6.42 Å². The topological polar surface area (TPSA) is 122 Å². The Morgan fingerprint density at radius 2 is 0.854 bits per heavy atom. The summed E-state index contributed by atoms with van der Waals surface area (Å²) >= 11 is 0.750. The summed E-state index contributed by atoms with van der Waals surface area (Å²) in [6.45, 7) is 7.26. The molecule has 0 bridgehead atoms. The predicted molar refractivity (Wildman–Crippen MR) is 157 cm³/mol. The van der Waals surface area contributed by atoms with Crippen molar-refractivity contribution in [3.8, 4) is 0 Å². The van der Waals surface area contributed by atoms with Crippen LogP contribution in [0.4, 0.5) is 0 Å². The van der Waals surface area contributed by atoms with Gasteiger partial charge < -0.3 is 18.9 Å². The summed E-state index contributed by atoms with van der Waals surface area (Å²) in [5, 5.41) is 0. The first kappa shape index (κ1) is 45.1. The number of esters is 4. The van der Waals surface area contributed by atoms with Crippen LogP contribution in [0.5, 0.6) is 0 Å². The summed E-state index contributed by atoms with van der Waals surface area (Å²) in [5.74, 6) is -3.12. The molecule has 0 spiro atoms. The van der Waals surface area contributed by atoms with Gasteiger partial charge in [-0.05, 0) is 27.2 Å². The van der Waals surface area contributed by atoms with Gasteiger partial charge in [-0.2, -0.15) is 0 Å². The first-order valence-corrected chi connectivity index (χ1v) is 15.9. The molecule has 236 valence electrons. The van der Waals surface area contributed by atoms with Crippen LogP contribution < -0.4 is 0 Å². The van der Waals surface area contributed by atoms with Crippen LogP contribution in [0.2, 0.25) is 0 Å².